The summed E-state index contributed by atoms with van der Waals surface area (Å²) >= 11 is 0. The highest BCUT2D eigenvalue weighted by Crippen LogP contribution is 2.41. The molecule has 0 spiro atoms. The minimum absolute atomic E-state index is 0.0161. The number of carboxylic acids is 1. The maximum Gasteiger partial charge on any atom is 0.326 e. The second kappa shape index (κ2) is 10.4. The van der Waals surface area contributed by atoms with Crippen LogP contribution in [0.25, 0.3) is 0 Å². The highest BCUT2D eigenvalue weighted by molar-refractivity contribution is 5.88. The molecule has 3 rings (SSSR count). The SMILES string of the molecule is CCOC(O)[C@H](CCc1ccccc1)N[C@@H](C)C(=O)N1[C@H](C(=O)O)C[C@@H]2CCC[C@@H]21. The van der Waals surface area contributed by atoms with Gasteiger partial charge in [-0.15, -0.1) is 0 Å². The Labute approximate surface area is 178 Å². The smallest absolute Gasteiger partial charge is 0.326 e. The van der Waals surface area contributed by atoms with Gasteiger partial charge in [0.05, 0.1) is 12.1 Å². The molecule has 1 aromatic carbocycles. The molecule has 6 atom stereocenters. The van der Waals surface area contributed by atoms with Gasteiger partial charge in [0, 0.05) is 12.6 Å². The Balaban J connectivity index is 1.67. The number of carbonyl (C=O) groups excluding carboxylic acids is 1. The third-order valence-corrected chi connectivity index (χ3v) is 6.48. The Hall–Kier alpha value is -1.96. The molecule has 1 aromatic rings. The summed E-state index contributed by atoms with van der Waals surface area (Å²) in [5.74, 6) is -0.852. The van der Waals surface area contributed by atoms with Gasteiger partial charge < -0.3 is 19.8 Å². The minimum atomic E-state index is -1.04. The zero-order valence-electron chi connectivity index (χ0n) is 17.9. The van der Waals surface area contributed by atoms with Crippen molar-refractivity contribution >= 4 is 11.9 Å². The van der Waals surface area contributed by atoms with Crippen LogP contribution in [0.15, 0.2) is 30.3 Å². The largest absolute Gasteiger partial charge is 0.480 e. The van der Waals surface area contributed by atoms with E-state index in [1.165, 1.54) is 0 Å². The van der Waals surface area contributed by atoms with Gasteiger partial charge in [0.2, 0.25) is 5.91 Å². The average molecular weight is 419 g/mol. The Morgan fingerprint density at radius 1 is 1.27 bits per heavy atom. The van der Waals surface area contributed by atoms with Crippen LogP contribution in [0.2, 0.25) is 0 Å². The van der Waals surface area contributed by atoms with Gasteiger partial charge in [0.1, 0.15) is 6.04 Å². The number of carbonyl (C=O) groups is 2. The van der Waals surface area contributed by atoms with Gasteiger partial charge in [-0.3, -0.25) is 10.1 Å². The van der Waals surface area contributed by atoms with E-state index >= 15 is 0 Å². The third kappa shape index (κ3) is 5.20. The van der Waals surface area contributed by atoms with Gasteiger partial charge in [-0.25, -0.2) is 4.79 Å². The number of aryl methyl sites for hydroxylation is 1. The molecule has 3 N–H and O–H groups in total. The van der Waals surface area contributed by atoms with Crippen LogP contribution in [-0.4, -0.2) is 64.1 Å². The number of amides is 1. The first-order valence-electron chi connectivity index (χ1n) is 11.1. The van der Waals surface area contributed by atoms with Crippen LogP contribution in [0.5, 0.6) is 0 Å². The molecule has 1 heterocycles. The fourth-order valence-electron chi connectivity index (χ4n) is 5.00. The quantitative estimate of drug-likeness (QED) is 0.504. The van der Waals surface area contributed by atoms with Crippen molar-refractivity contribution in [1.29, 1.82) is 0 Å². The summed E-state index contributed by atoms with van der Waals surface area (Å²) in [7, 11) is 0. The number of aliphatic carboxylic acids is 1. The van der Waals surface area contributed by atoms with Crippen molar-refractivity contribution in [3.8, 4) is 0 Å². The highest BCUT2D eigenvalue weighted by Gasteiger charge is 2.49. The van der Waals surface area contributed by atoms with Gasteiger partial charge in [0.15, 0.2) is 6.29 Å². The molecule has 2 fully saturated rings. The number of nitrogens with zero attached hydrogens (tertiary/aromatic N) is 1. The average Bonchev–Trinajstić information content (AvgIpc) is 3.32. The van der Waals surface area contributed by atoms with Crippen molar-refractivity contribution in [2.45, 2.75) is 82.8 Å². The number of benzene rings is 1. The lowest BCUT2D eigenvalue weighted by Crippen LogP contribution is -2.56. The summed E-state index contributed by atoms with van der Waals surface area (Å²) in [5.41, 5.74) is 1.14. The van der Waals surface area contributed by atoms with Crippen LogP contribution in [0.3, 0.4) is 0 Å². The number of rotatable bonds is 10. The Kier molecular flexibility index (Phi) is 7.86. The number of aliphatic hydroxyl groups is 1. The molecule has 2 aliphatic rings. The number of likely N-dealkylation sites (tertiary alicyclic amines) is 1. The molecule has 1 aliphatic carbocycles. The predicted octanol–water partition coefficient (Wildman–Crippen LogP) is 2.17. The number of hydrogen-bond acceptors (Lipinski definition) is 5. The molecular weight excluding hydrogens is 384 g/mol. The Morgan fingerprint density at radius 3 is 2.67 bits per heavy atom. The van der Waals surface area contributed by atoms with Crippen molar-refractivity contribution in [2.75, 3.05) is 6.61 Å². The van der Waals surface area contributed by atoms with Crippen LogP contribution in [0.1, 0.15) is 51.5 Å². The topological polar surface area (TPSA) is 99.1 Å². The fraction of sp³-hybridized carbons (Fsp3) is 0.652. The molecule has 7 heteroatoms. The van der Waals surface area contributed by atoms with Crippen LogP contribution < -0.4 is 5.32 Å². The second-order valence-electron chi connectivity index (χ2n) is 8.46. The van der Waals surface area contributed by atoms with E-state index < -0.39 is 30.4 Å². The van der Waals surface area contributed by atoms with Crippen LogP contribution in [-0.2, 0) is 20.7 Å². The molecular formula is C23H34N2O5. The maximum absolute atomic E-state index is 13.3. The second-order valence-corrected chi connectivity index (χ2v) is 8.46. The van der Waals surface area contributed by atoms with Crippen molar-refractivity contribution in [3.05, 3.63) is 35.9 Å². The monoisotopic (exact) mass is 418 g/mol. The summed E-state index contributed by atoms with van der Waals surface area (Å²) in [6.45, 7) is 3.93. The number of aliphatic hydroxyl groups excluding tert-OH is 1. The van der Waals surface area contributed by atoms with Crippen LogP contribution >= 0.6 is 0 Å². The first-order chi connectivity index (χ1) is 14.4. The van der Waals surface area contributed by atoms with Gasteiger partial charge in [-0.2, -0.15) is 0 Å². The van der Waals surface area contributed by atoms with Gasteiger partial charge in [-0.05, 0) is 57.4 Å². The first-order valence-corrected chi connectivity index (χ1v) is 11.1. The molecule has 7 nitrogen and oxygen atoms in total. The lowest BCUT2D eigenvalue weighted by molar-refractivity contribution is -0.151. The van der Waals surface area contributed by atoms with Crippen molar-refractivity contribution < 1.29 is 24.5 Å². The number of carboxylic acid groups (broad SMARTS) is 1. The molecule has 0 aromatic heterocycles. The maximum atomic E-state index is 13.3. The van der Waals surface area contributed by atoms with E-state index in [-0.39, 0.29) is 17.9 Å². The zero-order chi connectivity index (χ0) is 21.7. The van der Waals surface area contributed by atoms with E-state index in [2.05, 4.69) is 5.32 Å². The lowest BCUT2D eigenvalue weighted by atomic mass is 10.0. The number of nitrogens with one attached hydrogen (secondary N) is 1. The van der Waals surface area contributed by atoms with Gasteiger partial charge in [-0.1, -0.05) is 36.8 Å². The van der Waals surface area contributed by atoms with E-state index in [1.54, 1.807) is 11.8 Å². The van der Waals surface area contributed by atoms with E-state index in [9.17, 15) is 19.8 Å². The molecule has 1 amide bonds. The van der Waals surface area contributed by atoms with E-state index in [0.29, 0.717) is 19.4 Å². The van der Waals surface area contributed by atoms with Crippen molar-refractivity contribution in [1.82, 2.24) is 10.2 Å². The third-order valence-electron chi connectivity index (χ3n) is 6.48. The van der Waals surface area contributed by atoms with E-state index in [4.69, 9.17) is 4.74 Å². The summed E-state index contributed by atoms with van der Waals surface area (Å²) in [6, 6.07) is 8.18. The standard InChI is InChI=1S/C23H34N2O5/c1-3-30-23(29)18(13-12-16-8-5-4-6-9-16)24-15(2)21(26)25-19-11-7-10-17(19)14-20(25)22(27)28/h4-6,8-9,15,17-20,23-24,29H,3,7,10-14H2,1-2H3,(H,27,28)/t15-,17-,18-,19-,20-,23?/m0/s1. The van der Waals surface area contributed by atoms with Crippen LogP contribution in [0, 0.1) is 5.92 Å². The lowest BCUT2D eigenvalue weighted by Gasteiger charge is -2.33. The van der Waals surface area contributed by atoms with Crippen LogP contribution in [0.4, 0.5) is 0 Å². The highest BCUT2D eigenvalue weighted by atomic mass is 16.6. The molecule has 0 bridgehead atoms. The zero-order valence-corrected chi connectivity index (χ0v) is 17.9. The molecule has 0 radical (unpaired) electrons. The molecule has 166 valence electrons. The molecule has 30 heavy (non-hydrogen) atoms. The predicted molar refractivity (Wildman–Crippen MR) is 113 cm³/mol. The van der Waals surface area contributed by atoms with Gasteiger partial charge >= 0.3 is 5.97 Å². The number of hydrogen-bond donors (Lipinski definition) is 3. The molecule has 1 aliphatic heterocycles. The first kappa shape index (κ1) is 22.7. The Morgan fingerprint density at radius 2 is 2.00 bits per heavy atom. The summed E-state index contributed by atoms with van der Waals surface area (Å²) in [4.78, 5) is 26.6. The number of fused-ring (bicyclic) bond motifs is 1. The Bertz CT molecular complexity index is 713. The fourth-order valence-corrected chi connectivity index (χ4v) is 5.00. The van der Waals surface area contributed by atoms with Crippen molar-refractivity contribution in [2.24, 2.45) is 5.92 Å². The van der Waals surface area contributed by atoms with Crippen molar-refractivity contribution in [3.63, 3.8) is 0 Å². The summed E-state index contributed by atoms with van der Waals surface area (Å²) in [6.07, 6.45) is 3.72. The normalized spacial score (nSPS) is 26.2. The van der Waals surface area contributed by atoms with E-state index in [0.717, 1.165) is 31.2 Å². The van der Waals surface area contributed by atoms with Gasteiger partial charge in [0.25, 0.3) is 0 Å². The molecule has 1 unspecified atom stereocenters. The van der Waals surface area contributed by atoms with E-state index in [1.807, 2.05) is 37.3 Å². The minimum Gasteiger partial charge on any atom is -0.480 e. The number of ether oxygens (including phenoxy) is 1. The molecule has 1 saturated carbocycles. The summed E-state index contributed by atoms with van der Waals surface area (Å²) in [5, 5.41) is 23.3. The molecule has 1 saturated heterocycles. The summed E-state index contributed by atoms with van der Waals surface area (Å²) < 4.78 is 5.40.